The van der Waals surface area contributed by atoms with E-state index in [1.165, 1.54) is 11.3 Å². The van der Waals surface area contributed by atoms with Crippen molar-refractivity contribution in [2.24, 2.45) is 5.92 Å². The maximum atomic E-state index is 11.9. The van der Waals surface area contributed by atoms with Gasteiger partial charge in [-0.25, -0.2) is 0 Å². The predicted octanol–water partition coefficient (Wildman–Crippen LogP) is 2.78. The highest BCUT2D eigenvalue weighted by atomic mass is 32.1. The first kappa shape index (κ1) is 15.3. The summed E-state index contributed by atoms with van der Waals surface area (Å²) in [6, 6.07) is 13.3. The Kier molecular flexibility index (Phi) is 5.51. The summed E-state index contributed by atoms with van der Waals surface area (Å²) < 4.78 is 5.10. The molecule has 1 N–H and O–H groups in total. The molecule has 0 aliphatic carbocycles. The summed E-state index contributed by atoms with van der Waals surface area (Å²) in [4.78, 5) is 24.0. The second-order valence-electron chi connectivity index (χ2n) is 4.58. The van der Waals surface area contributed by atoms with Crippen molar-refractivity contribution in [2.45, 2.75) is 12.8 Å². The van der Waals surface area contributed by atoms with Crippen LogP contribution in [0.15, 0.2) is 47.8 Å². The van der Waals surface area contributed by atoms with E-state index in [2.05, 4.69) is 0 Å². The fourth-order valence-electron chi connectivity index (χ4n) is 1.92. The molecule has 5 heteroatoms. The van der Waals surface area contributed by atoms with Crippen LogP contribution < -0.4 is 0 Å². The first-order chi connectivity index (χ1) is 10.2. The lowest BCUT2D eigenvalue weighted by atomic mass is 10.1. The van der Waals surface area contributed by atoms with Gasteiger partial charge in [-0.15, -0.1) is 11.3 Å². The Labute approximate surface area is 127 Å². The van der Waals surface area contributed by atoms with E-state index in [1.807, 2.05) is 47.8 Å². The molecular weight excluding hydrogens is 288 g/mol. The number of carboxylic acids is 1. The number of aliphatic carboxylic acids is 1. The first-order valence-electron chi connectivity index (χ1n) is 6.62. The number of esters is 1. The smallest absolute Gasteiger partial charge is 0.320 e. The van der Waals surface area contributed by atoms with Crippen molar-refractivity contribution in [3.63, 3.8) is 0 Å². The number of hydrogen-bond acceptors (Lipinski definition) is 4. The number of carboxylic acid groups (broad SMARTS) is 1. The average molecular weight is 304 g/mol. The minimum atomic E-state index is -1.15. The lowest BCUT2D eigenvalue weighted by molar-refractivity contribution is -0.158. The lowest BCUT2D eigenvalue weighted by Crippen LogP contribution is -2.28. The molecule has 0 aliphatic rings. The van der Waals surface area contributed by atoms with Gasteiger partial charge in [0.1, 0.15) is 0 Å². The lowest BCUT2D eigenvalue weighted by Gasteiger charge is -2.11. The van der Waals surface area contributed by atoms with Gasteiger partial charge in [-0.2, -0.15) is 0 Å². The molecule has 1 aromatic heterocycles. The SMILES string of the molecule is O=C(O)[C@H](Cc1cccs1)C(=O)OCCc1ccccc1. The molecule has 0 saturated heterocycles. The zero-order valence-corrected chi connectivity index (χ0v) is 12.2. The van der Waals surface area contributed by atoms with Crippen molar-refractivity contribution in [1.82, 2.24) is 0 Å². The number of carbonyl (C=O) groups is 2. The van der Waals surface area contributed by atoms with Crippen molar-refractivity contribution in [1.29, 1.82) is 0 Å². The molecule has 0 spiro atoms. The Morgan fingerprint density at radius 3 is 2.52 bits per heavy atom. The van der Waals surface area contributed by atoms with Crippen LogP contribution in [-0.2, 0) is 27.2 Å². The molecule has 0 aliphatic heterocycles. The van der Waals surface area contributed by atoms with Gasteiger partial charge in [0, 0.05) is 17.7 Å². The summed E-state index contributed by atoms with van der Waals surface area (Å²) in [7, 11) is 0. The predicted molar refractivity (Wildman–Crippen MR) is 80.3 cm³/mol. The highest BCUT2D eigenvalue weighted by Gasteiger charge is 2.28. The number of ether oxygens (including phenoxy) is 1. The Hall–Kier alpha value is -2.14. The van der Waals surface area contributed by atoms with Gasteiger partial charge in [-0.3, -0.25) is 9.59 Å². The van der Waals surface area contributed by atoms with Gasteiger partial charge in [-0.05, 0) is 17.0 Å². The molecule has 2 aromatic rings. The maximum Gasteiger partial charge on any atom is 0.320 e. The molecule has 110 valence electrons. The van der Waals surface area contributed by atoms with Crippen molar-refractivity contribution < 1.29 is 19.4 Å². The highest BCUT2D eigenvalue weighted by molar-refractivity contribution is 7.09. The fraction of sp³-hybridized carbons (Fsp3) is 0.250. The number of benzene rings is 1. The van der Waals surface area contributed by atoms with E-state index in [1.54, 1.807) is 0 Å². The summed E-state index contributed by atoms with van der Waals surface area (Å²) in [5.41, 5.74) is 1.05. The van der Waals surface area contributed by atoms with Crippen LogP contribution in [0.5, 0.6) is 0 Å². The van der Waals surface area contributed by atoms with Crippen LogP contribution in [0.4, 0.5) is 0 Å². The number of hydrogen-bond donors (Lipinski definition) is 1. The summed E-state index contributed by atoms with van der Waals surface area (Å²) in [6.07, 6.45) is 0.759. The molecule has 0 fully saturated rings. The van der Waals surface area contributed by atoms with Gasteiger partial charge in [0.25, 0.3) is 0 Å². The van der Waals surface area contributed by atoms with Crippen molar-refractivity contribution in [3.05, 3.63) is 58.3 Å². The van der Waals surface area contributed by atoms with Crippen LogP contribution in [0.25, 0.3) is 0 Å². The third kappa shape index (κ3) is 4.72. The minimum Gasteiger partial charge on any atom is -0.481 e. The molecule has 1 aromatic carbocycles. The maximum absolute atomic E-state index is 11.9. The van der Waals surface area contributed by atoms with Crippen molar-refractivity contribution >= 4 is 23.3 Å². The third-order valence-corrected chi connectivity index (χ3v) is 3.94. The average Bonchev–Trinajstić information content (AvgIpc) is 2.98. The van der Waals surface area contributed by atoms with Gasteiger partial charge < -0.3 is 9.84 Å². The monoisotopic (exact) mass is 304 g/mol. The van der Waals surface area contributed by atoms with E-state index in [-0.39, 0.29) is 13.0 Å². The van der Waals surface area contributed by atoms with Crippen LogP contribution in [0, 0.1) is 5.92 Å². The van der Waals surface area contributed by atoms with Gasteiger partial charge in [0.05, 0.1) is 6.61 Å². The molecule has 21 heavy (non-hydrogen) atoms. The topological polar surface area (TPSA) is 63.6 Å². The van der Waals surface area contributed by atoms with Crippen LogP contribution in [0.1, 0.15) is 10.4 Å². The largest absolute Gasteiger partial charge is 0.481 e. The van der Waals surface area contributed by atoms with E-state index in [9.17, 15) is 9.59 Å². The standard InChI is InChI=1S/C16H16O4S/c17-15(18)14(11-13-7-4-10-21-13)16(19)20-9-8-12-5-2-1-3-6-12/h1-7,10,14H,8-9,11H2,(H,17,18)/t14-/m0/s1. The van der Waals surface area contributed by atoms with Crippen LogP contribution >= 0.6 is 11.3 Å². The molecule has 0 radical (unpaired) electrons. The molecule has 1 heterocycles. The molecule has 0 saturated carbocycles. The fourth-order valence-corrected chi connectivity index (χ4v) is 2.67. The van der Waals surface area contributed by atoms with Gasteiger partial charge in [0.15, 0.2) is 5.92 Å². The van der Waals surface area contributed by atoms with Crippen LogP contribution in [-0.4, -0.2) is 23.7 Å². The Bertz CT molecular complexity index is 578. The summed E-state index contributed by atoms with van der Waals surface area (Å²) in [5.74, 6) is -2.96. The van der Waals surface area contributed by atoms with Crippen LogP contribution in [0.3, 0.4) is 0 Å². The summed E-state index contributed by atoms with van der Waals surface area (Å²) >= 11 is 1.44. The number of rotatable bonds is 7. The van der Waals surface area contributed by atoms with Crippen molar-refractivity contribution in [3.8, 4) is 0 Å². The van der Waals surface area contributed by atoms with Gasteiger partial charge in [0.2, 0.25) is 0 Å². The molecule has 2 rings (SSSR count). The van der Waals surface area contributed by atoms with E-state index in [0.29, 0.717) is 6.42 Å². The summed E-state index contributed by atoms with van der Waals surface area (Å²) in [6.45, 7) is 0.192. The zero-order chi connectivity index (χ0) is 15.1. The van der Waals surface area contributed by atoms with E-state index in [0.717, 1.165) is 10.4 Å². The number of thiophene rings is 1. The Balaban J connectivity index is 1.85. The molecule has 0 amide bonds. The first-order valence-corrected chi connectivity index (χ1v) is 7.50. The zero-order valence-electron chi connectivity index (χ0n) is 11.4. The van der Waals surface area contributed by atoms with E-state index in [4.69, 9.17) is 9.84 Å². The van der Waals surface area contributed by atoms with Gasteiger partial charge in [-0.1, -0.05) is 36.4 Å². The molecular formula is C16H16O4S. The van der Waals surface area contributed by atoms with E-state index >= 15 is 0 Å². The Morgan fingerprint density at radius 1 is 1.14 bits per heavy atom. The van der Waals surface area contributed by atoms with Gasteiger partial charge >= 0.3 is 11.9 Å². The quantitative estimate of drug-likeness (QED) is 0.631. The second kappa shape index (κ2) is 7.59. The second-order valence-corrected chi connectivity index (χ2v) is 5.61. The normalized spacial score (nSPS) is 11.8. The highest BCUT2D eigenvalue weighted by Crippen LogP contribution is 2.16. The molecule has 0 unspecified atom stereocenters. The Morgan fingerprint density at radius 2 is 1.90 bits per heavy atom. The van der Waals surface area contributed by atoms with Crippen molar-refractivity contribution in [2.75, 3.05) is 6.61 Å². The molecule has 0 bridgehead atoms. The third-order valence-electron chi connectivity index (χ3n) is 3.05. The van der Waals surface area contributed by atoms with Crippen LogP contribution in [0.2, 0.25) is 0 Å². The number of carbonyl (C=O) groups excluding carboxylic acids is 1. The summed E-state index contributed by atoms with van der Waals surface area (Å²) in [5, 5.41) is 11.0. The minimum absolute atomic E-state index is 0.178. The van der Waals surface area contributed by atoms with E-state index < -0.39 is 17.9 Å². The molecule has 1 atom stereocenters. The molecule has 4 nitrogen and oxygen atoms in total.